The molecule has 4 aromatic rings. The van der Waals surface area contributed by atoms with E-state index in [1.807, 2.05) is 17.5 Å². The maximum Gasteiger partial charge on any atom is 0.324 e. The molecule has 1 saturated carbocycles. The van der Waals surface area contributed by atoms with E-state index >= 15 is 0 Å². The number of fused-ring (bicyclic) bond motifs is 1. The van der Waals surface area contributed by atoms with Crippen molar-refractivity contribution in [3.05, 3.63) is 41.8 Å². The van der Waals surface area contributed by atoms with Gasteiger partial charge < -0.3 is 14.2 Å². The molecule has 1 saturated heterocycles. The number of sulfone groups is 1. The van der Waals surface area contributed by atoms with E-state index in [4.69, 9.17) is 9.26 Å². The minimum absolute atomic E-state index is 0.0381. The maximum absolute atomic E-state index is 11.8. The lowest BCUT2D eigenvalue weighted by Gasteiger charge is -2.30. The third kappa shape index (κ3) is 4.57. The molecule has 36 heavy (non-hydrogen) atoms. The van der Waals surface area contributed by atoms with Crippen LogP contribution in [0.5, 0.6) is 5.88 Å². The molecule has 4 heterocycles. The molecule has 2 fully saturated rings. The van der Waals surface area contributed by atoms with E-state index < -0.39 is 9.84 Å². The van der Waals surface area contributed by atoms with Crippen LogP contribution in [-0.4, -0.2) is 54.0 Å². The molecule has 6 rings (SSSR count). The molecular weight excluding hydrogens is 498 g/mol. The number of benzene rings is 1. The number of hydrogen-bond donors (Lipinski definition) is 0. The molecule has 1 aliphatic carbocycles. The van der Waals surface area contributed by atoms with Gasteiger partial charge in [-0.15, -0.1) is 11.3 Å². The zero-order chi connectivity index (χ0) is 24.7. The monoisotopic (exact) mass is 525 g/mol. The van der Waals surface area contributed by atoms with Gasteiger partial charge in [0.1, 0.15) is 17.1 Å². The van der Waals surface area contributed by atoms with Gasteiger partial charge in [0.25, 0.3) is 0 Å². The summed E-state index contributed by atoms with van der Waals surface area (Å²) in [6.45, 7) is 1.57. The van der Waals surface area contributed by atoms with E-state index in [1.54, 1.807) is 12.1 Å². The van der Waals surface area contributed by atoms with Gasteiger partial charge in [0.05, 0.1) is 10.4 Å². The molecule has 0 spiro atoms. The van der Waals surface area contributed by atoms with E-state index in [-0.39, 0.29) is 6.10 Å². The first-order chi connectivity index (χ1) is 17.5. The lowest BCUT2D eigenvalue weighted by atomic mass is 10.1. The predicted octanol–water partition coefficient (Wildman–Crippen LogP) is 4.85. The number of ether oxygens (including phenoxy) is 1. The summed E-state index contributed by atoms with van der Waals surface area (Å²) >= 11 is 1.53. The smallest absolute Gasteiger partial charge is 0.324 e. The van der Waals surface area contributed by atoms with Crippen LogP contribution in [0, 0.1) is 0 Å². The number of thiophene rings is 1. The number of hydrogen-bond acceptors (Lipinski definition) is 10. The van der Waals surface area contributed by atoms with Crippen molar-refractivity contribution in [3.63, 3.8) is 0 Å². The van der Waals surface area contributed by atoms with Crippen molar-refractivity contribution in [2.75, 3.05) is 24.2 Å². The Kier molecular flexibility index (Phi) is 6.12. The first kappa shape index (κ1) is 23.4. The fourth-order valence-corrected chi connectivity index (χ4v) is 6.62. The third-order valence-corrected chi connectivity index (χ3v) is 9.14. The van der Waals surface area contributed by atoms with Crippen molar-refractivity contribution in [1.29, 1.82) is 0 Å². The Morgan fingerprint density at radius 2 is 1.81 bits per heavy atom. The van der Waals surface area contributed by atoms with E-state index in [0.717, 1.165) is 65.9 Å². The third-order valence-electron chi connectivity index (χ3n) is 7.06. The van der Waals surface area contributed by atoms with Gasteiger partial charge in [-0.05, 0) is 30.5 Å². The van der Waals surface area contributed by atoms with E-state index in [9.17, 15) is 8.42 Å². The number of aromatic nitrogens is 4. The highest BCUT2D eigenvalue weighted by molar-refractivity contribution is 7.90. The summed E-state index contributed by atoms with van der Waals surface area (Å²) in [5.74, 6) is 1.88. The second-order valence-electron chi connectivity index (χ2n) is 9.52. The molecule has 11 heteroatoms. The van der Waals surface area contributed by atoms with Crippen LogP contribution in [0.4, 0.5) is 6.01 Å². The summed E-state index contributed by atoms with van der Waals surface area (Å²) in [6.07, 6.45) is 9.23. The number of rotatable bonds is 6. The molecule has 0 unspecified atom stereocenters. The van der Waals surface area contributed by atoms with Crippen molar-refractivity contribution in [2.24, 2.45) is 0 Å². The molecule has 0 bridgehead atoms. The molecule has 0 radical (unpaired) electrons. The maximum atomic E-state index is 11.8. The highest BCUT2D eigenvalue weighted by Crippen LogP contribution is 2.38. The highest BCUT2D eigenvalue weighted by atomic mass is 32.2. The lowest BCUT2D eigenvalue weighted by molar-refractivity contribution is 0.164. The Balaban J connectivity index is 1.14. The van der Waals surface area contributed by atoms with Crippen LogP contribution in [0.15, 0.2) is 45.4 Å². The molecule has 9 nitrogen and oxygen atoms in total. The second-order valence-corrected chi connectivity index (χ2v) is 12.4. The molecule has 188 valence electrons. The van der Waals surface area contributed by atoms with Gasteiger partial charge in [-0.1, -0.05) is 30.1 Å². The van der Waals surface area contributed by atoms with Gasteiger partial charge >= 0.3 is 6.01 Å². The molecule has 0 N–H and O–H groups in total. The van der Waals surface area contributed by atoms with Crippen molar-refractivity contribution >= 4 is 37.4 Å². The SMILES string of the molecule is CS(=O)(=O)c1ccc(-c2csc3c(OC4CCN(c5nc(C6CCCC6)no5)CC4)ncnc23)cc1. The first-order valence-electron chi connectivity index (χ1n) is 12.2. The standard InChI is InChI=1S/C25H27N5O4S2/c1-36(31,32)19-8-6-16(7-9-19)20-14-35-22-21(20)26-15-27-24(22)33-18-10-12-30(13-11-18)25-28-23(29-34-25)17-4-2-3-5-17/h6-9,14-15,17-18H,2-5,10-13H2,1H3. The zero-order valence-corrected chi connectivity index (χ0v) is 21.6. The molecule has 1 aromatic carbocycles. The van der Waals surface area contributed by atoms with Crippen molar-refractivity contribution in [2.45, 2.75) is 55.4 Å². The summed E-state index contributed by atoms with van der Waals surface area (Å²) < 4.78 is 36.4. The fraction of sp³-hybridized carbons (Fsp3) is 0.440. The molecule has 0 amide bonds. The van der Waals surface area contributed by atoms with Crippen LogP contribution in [0.25, 0.3) is 21.3 Å². The van der Waals surface area contributed by atoms with E-state index in [1.165, 1.54) is 36.8 Å². The molecular formula is C25H27N5O4S2. The Hall–Kier alpha value is -3.05. The second kappa shape index (κ2) is 9.44. The van der Waals surface area contributed by atoms with Crippen LogP contribution in [-0.2, 0) is 9.84 Å². The average Bonchev–Trinajstić information content (AvgIpc) is 3.65. The fourth-order valence-electron chi connectivity index (χ4n) is 5.03. The van der Waals surface area contributed by atoms with Crippen LogP contribution in [0.1, 0.15) is 50.3 Å². The summed E-state index contributed by atoms with van der Waals surface area (Å²) in [5, 5.41) is 6.25. The van der Waals surface area contributed by atoms with Gasteiger partial charge in [0.2, 0.25) is 5.88 Å². The van der Waals surface area contributed by atoms with E-state index in [2.05, 4.69) is 25.0 Å². The predicted molar refractivity (Wildman–Crippen MR) is 137 cm³/mol. The van der Waals surface area contributed by atoms with Gasteiger partial charge in [-0.25, -0.2) is 18.4 Å². The van der Waals surface area contributed by atoms with Gasteiger partial charge in [0.15, 0.2) is 15.7 Å². The molecule has 2 aliphatic rings. The largest absolute Gasteiger partial charge is 0.473 e. The van der Waals surface area contributed by atoms with Crippen LogP contribution in [0.2, 0.25) is 0 Å². The van der Waals surface area contributed by atoms with Crippen LogP contribution in [0.3, 0.4) is 0 Å². The van der Waals surface area contributed by atoms with Crippen molar-refractivity contribution < 1.29 is 17.7 Å². The summed E-state index contributed by atoms with van der Waals surface area (Å²) in [4.78, 5) is 16.0. The Labute approximate surface area is 213 Å². The van der Waals surface area contributed by atoms with Gasteiger partial charge in [-0.2, -0.15) is 4.98 Å². The van der Waals surface area contributed by atoms with Gasteiger partial charge in [-0.3, -0.25) is 0 Å². The lowest BCUT2D eigenvalue weighted by Crippen LogP contribution is -2.38. The normalized spacial score (nSPS) is 17.8. The van der Waals surface area contributed by atoms with Crippen molar-refractivity contribution in [1.82, 2.24) is 20.1 Å². The van der Waals surface area contributed by atoms with Crippen LogP contribution < -0.4 is 9.64 Å². The quantitative estimate of drug-likeness (QED) is 0.349. The number of nitrogens with zero attached hydrogens (tertiary/aromatic N) is 5. The summed E-state index contributed by atoms with van der Waals surface area (Å²) in [6, 6.07) is 7.49. The topological polar surface area (TPSA) is 111 Å². The van der Waals surface area contributed by atoms with Crippen LogP contribution >= 0.6 is 11.3 Å². The summed E-state index contributed by atoms with van der Waals surface area (Å²) in [5.41, 5.74) is 2.65. The number of piperidine rings is 1. The zero-order valence-electron chi connectivity index (χ0n) is 20.0. The highest BCUT2D eigenvalue weighted by Gasteiger charge is 2.28. The first-order valence-corrected chi connectivity index (χ1v) is 15.0. The van der Waals surface area contributed by atoms with E-state index in [0.29, 0.717) is 22.7 Å². The minimum Gasteiger partial charge on any atom is -0.473 e. The Morgan fingerprint density at radius 1 is 1.06 bits per heavy atom. The molecule has 0 atom stereocenters. The summed E-state index contributed by atoms with van der Waals surface area (Å²) in [7, 11) is -3.24. The van der Waals surface area contributed by atoms with Gasteiger partial charge in [0, 0.05) is 49.0 Å². The Morgan fingerprint density at radius 3 is 2.53 bits per heavy atom. The van der Waals surface area contributed by atoms with Crippen molar-refractivity contribution in [3.8, 4) is 17.0 Å². The Bertz CT molecular complexity index is 1470. The molecule has 3 aromatic heterocycles. The molecule has 1 aliphatic heterocycles. The number of anilines is 1. The average molecular weight is 526 g/mol. The minimum atomic E-state index is -3.24.